The van der Waals surface area contributed by atoms with Crippen molar-refractivity contribution in [1.82, 2.24) is 4.90 Å². The Bertz CT molecular complexity index is 417. The maximum absolute atomic E-state index is 11.9. The second-order valence-electron chi connectivity index (χ2n) is 5.24. The summed E-state index contributed by atoms with van der Waals surface area (Å²) in [5, 5.41) is 0. The van der Waals surface area contributed by atoms with Gasteiger partial charge in [-0.1, -0.05) is 25.0 Å². The van der Waals surface area contributed by atoms with Crippen LogP contribution in [0.15, 0.2) is 24.3 Å². The molecule has 4 heteroatoms. The number of likely N-dealkylation sites (tertiary alicyclic amines) is 1. The van der Waals surface area contributed by atoms with Gasteiger partial charge in [0.25, 0.3) is 0 Å². The molecular formula is C16H24N2O2. The van der Waals surface area contributed by atoms with Crippen molar-refractivity contribution in [1.29, 1.82) is 0 Å². The molecule has 0 bridgehead atoms. The summed E-state index contributed by atoms with van der Waals surface area (Å²) < 4.78 is 5.69. The molecule has 110 valence electrons. The van der Waals surface area contributed by atoms with Crippen LogP contribution < -0.4 is 10.5 Å². The highest BCUT2D eigenvalue weighted by atomic mass is 16.5. The summed E-state index contributed by atoms with van der Waals surface area (Å²) >= 11 is 0. The summed E-state index contributed by atoms with van der Waals surface area (Å²) in [6.45, 7) is 2.64. The van der Waals surface area contributed by atoms with E-state index in [1.807, 2.05) is 29.2 Å². The lowest BCUT2D eigenvalue weighted by molar-refractivity contribution is -0.132. The molecular weight excluding hydrogens is 252 g/mol. The molecule has 0 aliphatic carbocycles. The normalized spacial score (nSPS) is 16.6. The first-order valence-electron chi connectivity index (χ1n) is 7.49. The molecule has 1 aliphatic rings. The zero-order chi connectivity index (χ0) is 14.2. The molecule has 1 aromatic carbocycles. The molecule has 0 saturated carbocycles. The molecule has 1 aliphatic heterocycles. The monoisotopic (exact) mass is 276 g/mol. The van der Waals surface area contributed by atoms with Gasteiger partial charge < -0.3 is 15.4 Å². The zero-order valence-electron chi connectivity index (χ0n) is 12.0. The Morgan fingerprint density at radius 3 is 2.60 bits per heavy atom. The van der Waals surface area contributed by atoms with E-state index < -0.39 is 0 Å². The van der Waals surface area contributed by atoms with Crippen molar-refractivity contribution in [2.75, 3.05) is 19.7 Å². The van der Waals surface area contributed by atoms with E-state index in [1.165, 1.54) is 12.8 Å². The third kappa shape index (κ3) is 4.53. The zero-order valence-corrected chi connectivity index (χ0v) is 12.0. The molecule has 2 rings (SSSR count). The first-order valence-corrected chi connectivity index (χ1v) is 7.49. The molecule has 4 nitrogen and oxygen atoms in total. The van der Waals surface area contributed by atoms with Crippen LogP contribution in [0.1, 0.15) is 37.7 Å². The number of benzene rings is 1. The predicted molar refractivity (Wildman–Crippen MR) is 79.5 cm³/mol. The highest BCUT2D eigenvalue weighted by molar-refractivity contribution is 5.76. The topological polar surface area (TPSA) is 55.6 Å². The molecule has 0 spiro atoms. The largest absolute Gasteiger partial charge is 0.492 e. The van der Waals surface area contributed by atoms with E-state index in [2.05, 4.69) is 0 Å². The van der Waals surface area contributed by atoms with Gasteiger partial charge in [-0.15, -0.1) is 0 Å². The number of carbonyl (C=O) groups is 1. The minimum Gasteiger partial charge on any atom is -0.492 e. The molecule has 1 aromatic rings. The second kappa shape index (κ2) is 7.90. The van der Waals surface area contributed by atoms with Crippen molar-refractivity contribution < 1.29 is 9.53 Å². The second-order valence-corrected chi connectivity index (χ2v) is 5.24. The maximum atomic E-state index is 11.9. The fourth-order valence-corrected chi connectivity index (χ4v) is 2.45. The third-order valence-electron chi connectivity index (χ3n) is 3.71. The number of rotatable bonds is 5. The van der Waals surface area contributed by atoms with Gasteiger partial charge >= 0.3 is 0 Å². The van der Waals surface area contributed by atoms with E-state index in [0.717, 1.165) is 30.7 Å². The third-order valence-corrected chi connectivity index (χ3v) is 3.71. The average Bonchev–Trinajstić information content (AvgIpc) is 2.47. The molecule has 0 radical (unpaired) electrons. The van der Waals surface area contributed by atoms with Crippen LogP contribution in [0.5, 0.6) is 5.75 Å². The van der Waals surface area contributed by atoms with Crippen molar-refractivity contribution >= 4 is 5.91 Å². The number of ether oxygens (including phenoxy) is 1. The van der Waals surface area contributed by atoms with Crippen LogP contribution in [0, 0.1) is 0 Å². The van der Waals surface area contributed by atoms with Crippen LogP contribution in [0.3, 0.4) is 0 Å². The molecule has 1 heterocycles. The van der Waals surface area contributed by atoms with E-state index in [-0.39, 0.29) is 5.91 Å². The molecule has 20 heavy (non-hydrogen) atoms. The van der Waals surface area contributed by atoms with E-state index in [1.54, 1.807) is 0 Å². The smallest absolute Gasteiger partial charge is 0.222 e. The molecule has 1 saturated heterocycles. The van der Waals surface area contributed by atoms with Gasteiger partial charge in [-0.25, -0.2) is 0 Å². The van der Waals surface area contributed by atoms with E-state index in [9.17, 15) is 4.79 Å². The first-order chi connectivity index (χ1) is 9.79. The van der Waals surface area contributed by atoms with Crippen molar-refractivity contribution in [2.24, 2.45) is 5.73 Å². The number of nitrogens with two attached hydrogens (primary N) is 1. The van der Waals surface area contributed by atoms with E-state index >= 15 is 0 Å². The molecule has 0 atom stereocenters. The van der Waals surface area contributed by atoms with Crippen molar-refractivity contribution in [2.45, 2.75) is 38.6 Å². The molecule has 1 amide bonds. The first kappa shape index (κ1) is 14.9. The maximum Gasteiger partial charge on any atom is 0.222 e. The van der Waals surface area contributed by atoms with Crippen LogP contribution in [-0.2, 0) is 11.3 Å². The Morgan fingerprint density at radius 1 is 1.10 bits per heavy atom. The van der Waals surface area contributed by atoms with Crippen LogP contribution >= 0.6 is 0 Å². The molecule has 1 fully saturated rings. The Balaban J connectivity index is 1.76. The van der Waals surface area contributed by atoms with Crippen molar-refractivity contribution in [3.8, 4) is 5.75 Å². The number of amides is 1. The molecule has 0 unspecified atom stereocenters. The number of carbonyl (C=O) groups excluding carboxylic acids is 1. The Morgan fingerprint density at radius 2 is 1.85 bits per heavy atom. The van der Waals surface area contributed by atoms with Crippen LogP contribution in [0.2, 0.25) is 0 Å². The lowest BCUT2D eigenvalue weighted by Crippen LogP contribution is -2.36. The predicted octanol–water partition coefficient (Wildman–Crippen LogP) is 2.32. The molecule has 2 N–H and O–H groups in total. The van der Waals surface area contributed by atoms with Gasteiger partial charge in [-0.3, -0.25) is 4.79 Å². The fourth-order valence-electron chi connectivity index (χ4n) is 2.45. The van der Waals surface area contributed by atoms with Gasteiger partial charge in [0, 0.05) is 19.5 Å². The van der Waals surface area contributed by atoms with Gasteiger partial charge in [-0.05, 0) is 30.5 Å². The summed E-state index contributed by atoms with van der Waals surface area (Å²) in [5.41, 5.74) is 6.65. The number of nitrogens with zero attached hydrogens (tertiary/aromatic N) is 1. The number of hydrogen-bond donors (Lipinski definition) is 1. The summed E-state index contributed by atoms with van der Waals surface area (Å²) in [4.78, 5) is 13.9. The minimum atomic E-state index is 0.270. The standard InChI is InChI=1S/C16H24N2O2/c17-13-14-6-8-15(9-7-14)20-12-11-18-10-4-2-1-3-5-16(18)19/h6-9H,1-5,10-13,17H2. The highest BCUT2D eigenvalue weighted by Gasteiger charge is 2.15. The van der Waals surface area contributed by atoms with Crippen LogP contribution in [0.4, 0.5) is 0 Å². The summed E-state index contributed by atoms with van der Waals surface area (Å²) in [6, 6.07) is 7.79. The fraction of sp³-hybridized carbons (Fsp3) is 0.562. The van der Waals surface area contributed by atoms with Crippen molar-refractivity contribution in [3.05, 3.63) is 29.8 Å². The SMILES string of the molecule is NCc1ccc(OCCN2CCCCCCC2=O)cc1. The van der Waals surface area contributed by atoms with Crippen molar-refractivity contribution in [3.63, 3.8) is 0 Å². The quantitative estimate of drug-likeness (QED) is 0.898. The van der Waals surface area contributed by atoms with Gasteiger partial charge in [-0.2, -0.15) is 0 Å². The van der Waals surface area contributed by atoms with Crippen LogP contribution in [0.25, 0.3) is 0 Å². The van der Waals surface area contributed by atoms with Gasteiger partial charge in [0.05, 0.1) is 6.54 Å². The van der Waals surface area contributed by atoms with Gasteiger partial charge in [0.2, 0.25) is 5.91 Å². The Kier molecular flexibility index (Phi) is 5.87. The molecule has 0 aromatic heterocycles. The Hall–Kier alpha value is -1.55. The van der Waals surface area contributed by atoms with E-state index in [4.69, 9.17) is 10.5 Å². The van der Waals surface area contributed by atoms with E-state index in [0.29, 0.717) is 26.1 Å². The summed E-state index contributed by atoms with van der Waals surface area (Å²) in [7, 11) is 0. The lowest BCUT2D eigenvalue weighted by Gasteiger charge is -2.24. The Labute approximate surface area is 120 Å². The summed E-state index contributed by atoms with van der Waals surface area (Å²) in [5.74, 6) is 1.11. The van der Waals surface area contributed by atoms with Crippen LogP contribution in [-0.4, -0.2) is 30.5 Å². The summed E-state index contributed by atoms with van der Waals surface area (Å²) in [6.07, 6.45) is 5.23. The highest BCUT2D eigenvalue weighted by Crippen LogP contribution is 2.13. The van der Waals surface area contributed by atoms with Gasteiger partial charge in [0.1, 0.15) is 12.4 Å². The van der Waals surface area contributed by atoms with Gasteiger partial charge in [0.15, 0.2) is 0 Å². The number of hydrogen-bond acceptors (Lipinski definition) is 3. The lowest BCUT2D eigenvalue weighted by atomic mass is 10.1. The minimum absolute atomic E-state index is 0.270. The average molecular weight is 276 g/mol.